The molecule has 0 bridgehead atoms. The Bertz CT molecular complexity index is 495. The fraction of sp³-hybridized carbons (Fsp3) is 0.0667. The molecular weight excluding hydrogens is 212 g/mol. The molecule has 1 heterocycles. The molecule has 0 radical (unpaired) electrons. The van der Waals surface area contributed by atoms with Crippen LogP contribution in [0.2, 0.25) is 0 Å². The van der Waals surface area contributed by atoms with Crippen LogP contribution in [0.25, 0.3) is 6.08 Å². The average molecular weight is 224 g/mol. The minimum atomic E-state index is 0.796. The van der Waals surface area contributed by atoms with Gasteiger partial charge in [-0.3, -0.25) is 0 Å². The van der Waals surface area contributed by atoms with Crippen LogP contribution in [0.3, 0.4) is 0 Å². The van der Waals surface area contributed by atoms with Crippen LogP contribution in [0.4, 0.5) is 0 Å². The van der Waals surface area contributed by atoms with Crippen molar-refractivity contribution in [1.29, 1.82) is 0 Å². The molecule has 2 aromatic rings. The van der Waals surface area contributed by atoms with E-state index < -0.39 is 0 Å². The Morgan fingerprint density at radius 2 is 2.00 bits per heavy atom. The van der Waals surface area contributed by atoms with E-state index in [0.29, 0.717) is 0 Å². The minimum Gasteiger partial charge on any atom is -0.151 e. The molecule has 78 valence electrons. The Labute approximate surface area is 100 Å². The Kier molecular flexibility index (Phi) is 3.99. The second kappa shape index (κ2) is 5.95. The first kappa shape index (κ1) is 10.7. The topological polar surface area (TPSA) is 0 Å². The molecule has 0 spiro atoms. The fourth-order valence-corrected chi connectivity index (χ4v) is 1.89. The van der Waals surface area contributed by atoms with E-state index in [-0.39, 0.29) is 0 Å². The van der Waals surface area contributed by atoms with Crippen LogP contribution in [0.5, 0.6) is 0 Å². The molecule has 0 aliphatic rings. The van der Waals surface area contributed by atoms with Crippen LogP contribution in [0.15, 0.2) is 53.2 Å². The lowest BCUT2D eigenvalue weighted by Gasteiger charge is -1.88. The first-order valence-electron chi connectivity index (χ1n) is 5.18. The molecule has 1 aromatic heterocycles. The molecule has 0 nitrogen and oxygen atoms in total. The molecule has 0 saturated carbocycles. The molecule has 0 unspecified atom stereocenters. The minimum absolute atomic E-state index is 0.796. The standard InChI is InChI=1S/C15H12S/c1-3-7-14(8-4-1)9-5-2-6-10-15-11-12-16-13-15/h1,3-5,7-9,11-13H,2H2/b9-5+. The average Bonchev–Trinajstić information content (AvgIpc) is 2.83. The van der Waals surface area contributed by atoms with Crippen LogP contribution in [-0.4, -0.2) is 0 Å². The number of hydrogen-bond acceptors (Lipinski definition) is 1. The SMILES string of the molecule is C(#Cc1ccsc1)C/C=C/c1ccccc1. The maximum Gasteiger partial charge on any atom is 0.0352 e. The lowest BCUT2D eigenvalue weighted by molar-refractivity contribution is 1.48. The second-order valence-corrected chi connectivity index (χ2v) is 4.11. The third-order valence-electron chi connectivity index (χ3n) is 2.08. The molecule has 0 aliphatic heterocycles. The zero-order valence-electron chi connectivity index (χ0n) is 8.89. The van der Waals surface area contributed by atoms with E-state index in [1.807, 2.05) is 29.6 Å². The number of benzene rings is 1. The first-order valence-corrected chi connectivity index (χ1v) is 6.12. The molecule has 0 aliphatic carbocycles. The number of thiophene rings is 1. The van der Waals surface area contributed by atoms with Crippen molar-refractivity contribution in [2.45, 2.75) is 6.42 Å². The van der Waals surface area contributed by atoms with Crippen molar-refractivity contribution < 1.29 is 0 Å². The highest BCUT2D eigenvalue weighted by Crippen LogP contribution is 2.04. The predicted molar refractivity (Wildman–Crippen MR) is 71.3 cm³/mol. The summed E-state index contributed by atoms with van der Waals surface area (Å²) in [6.45, 7) is 0. The maximum absolute atomic E-state index is 3.13. The van der Waals surface area contributed by atoms with Gasteiger partial charge in [-0.05, 0) is 17.0 Å². The van der Waals surface area contributed by atoms with Crippen molar-refractivity contribution in [2.75, 3.05) is 0 Å². The summed E-state index contributed by atoms with van der Waals surface area (Å²) in [5, 5.41) is 4.11. The number of rotatable bonds is 2. The molecule has 0 atom stereocenters. The molecular formula is C15H12S. The van der Waals surface area contributed by atoms with Gasteiger partial charge in [-0.2, -0.15) is 11.3 Å². The van der Waals surface area contributed by atoms with Gasteiger partial charge >= 0.3 is 0 Å². The van der Waals surface area contributed by atoms with Crippen LogP contribution in [-0.2, 0) is 0 Å². The molecule has 1 heteroatoms. The van der Waals surface area contributed by atoms with Gasteiger partial charge in [0, 0.05) is 17.4 Å². The monoisotopic (exact) mass is 224 g/mol. The van der Waals surface area contributed by atoms with Crippen molar-refractivity contribution in [2.24, 2.45) is 0 Å². The lowest BCUT2D eigenvalue weighted by Crippen LogP contribution is -1.68. The number of allylic oxidation sites excluding steroid dienone is 1. The highest BCUT2D eigenvalue weighted by molar-refractivity contribution is 7.08. The molecule has 0 fully saturated rings. The molecule has 16 heavy (non-hydrogen) atoms. The molecule has 1 aromatic carbocycles. The van der Waals surface area contributed by atoms with Crippen molar-refractivity contribution >= 4 is 17.4 Å². The van der Waals surface area contributed by atoms with Crippen molar-refractivity contribution in [3.05, 3.63) is 64.4 Å². The Balaban J connectivity index is 1.87. The normalized spacial score (nSPS) is 10.0. The van der Waals surface area contributed by atoms with E-state index in [1.165, 1.54) is 5.56 Å². The van der Waals surface area contributed by atoms with Gasteiger partial charge in [-0.25, -0.2) is 0 Å². The summed E-state index contributed by atoms with van der Waals surface area (Å²) in [5.74, 6) is 6.25. The third-order valence-corrected chi connectivity index (χ3v) is 2.77. The zero-order chi connectivity index (χ0) is 11.1. The summed E-state index contributed by atoms with van der Waals surface area (Å²) >= 11 is 1.68. The Morgan fingerprint density at radius 1 is 1.12 bits per heavy atom. The van der Waals surface area contributed by atoms with E-state index in [4.69, 9.17) is 0 Å². The summed E-state index contributed by atoms with van der Waals surface area (Å²) in [6.07, 6.45) is 4.99. The maximum atomic E-state index is 3.13. The van der Waals surface area contributed by atoms with Gasteiger partial charge in [0.15, 0.2) is 0 Å². The van der Waals surface area contributed by atoms with E-state index >= 15 is 0 Å². The highest BCUT2D eigenvalue weighted by atomic mass is 32.1. The smallest absolute Gasteiger partial charge is 0.0352 e. The largest absolute Gasteiger partial charge is 0.151 e. The first-order chi connectivity index (χ1) is 7.95. The van der Waals surface area contributed by atoms with E-state index in [9.17, 15) is 0 Å². The molecule has 2 rings (SSSR count). The molecule has 0 saturated heterocycles. The van der Waals surface area contributed by atoms with Crippen LogP contribution >= 0.6 is 11.3 Å². The van der Waals surface area contributed by atoms with Gasteiger partial charge in [0.2, 0.25) is 0 Å². The Hall–Kier alpha value is -1.78. The van der Waals surface area contributed by atoms with Gasteiger partial charge in [-0.15, -0.1) is 0 Å². The van der Waals surface area contributed by atoms with Gasteiger partial charge in [-0.1, -0.05) is 54.3 Å². The summed E-state index contributed by atoms with van der Waals surface area (Å²) in [7, 11) is 0. The van der Waals surface area contributed by atoms with Crippen LogP contribution < -0.4 is 0 Å². The highest BCUT2D eigenvalue weighted by Gasteiger charge is 1.83. The summed E-state index contributed by atoms with van der Waals surface area (Å²) in [5.41, 5.74) is 2.33. The number of hydrogen-bond donors (Lipinski definition) is 0. The van der Waals surface area contributed by atoms with Crippen LogP contribution in [0.1, 0.15) is 17.5 Å². The lowest BCUT2D eigenvalue weighted by atomic mass is 10.2. The van der Waals surface area contributed by atoms with Gasteiger partial charge in [0.25, 0.3) is 0 Å². The van der Waals surface area contributed by atoms with Gasteiger partial charge in [0.05, 0.1) is 0 Å². The van der Waals surface area contributed by atoms with Crippen molar-refractivity contribution in [1.82, 2.24) is 0 Å². The van der Waals surface area contributed by atoms with Gasteiger partial charge in [0.1, 0.15) is 0 Å². The molecule has 0 amide bonds. The Morgan fingerprint density at radius 3 is 2.75 bits per heavy atom. The molecule has 0 N–H and O–H groups in total. The fourth-order valence-electron chi connectivity index (χ4n) is 1.31. The third kappa shape index (κ3) is 3.42. The van der Waals surface area contributed by atoms with E-state index in [0.717, 1.165) is 12.0 Å². The predicted octanol–water partition coefficient (Wildman–Crippen LogP) is 4.20. The second-order valence-electron chi connectivity index (χ2n) is 3.33. The van der Waals surface area contributed by atoms with Crippen molar-refractivity contribution in [3.63, 3.8) is 0 Å². The summed E-state index contributed by atoms with van der Waals surface area (Å²) in [4.78, 5) is 0. The zero-order valence-corrected chi connectivity index (χ0v) is 9.71. The summed E-state index contributed by atoms with van der Waals surface area (Å²) in [6, 6.07) is 12.3. The summed E-state index contributed by atoms with van der Waals surface area (Å²) < 4.78 is 0. The van der Waals surface area contributed by atoms with Crippen molar-refractivity contribution in [3.8, 4) is 11.8 Å². The quantitative estimate of drug-likeness (QED) is 0.670. The van der Waals surface area contributed by atoms with Crippen LogP contribution in [0, 0.1) is 11.8 Å². The van der Waals surface area contributed by atoms with E-state index in [1.54, 1.807) is 11.3 Å². The van der Waals surface area contributed by atoms with Gasteiger partial charge < -0.3 is 0 Å². The van der Waals surface area contributed by atoms with E-state index in [2.05, 4.69) is 41.5 Å².